The predicted molar refractivity (Wildman–Crippen MR) is 130 cm³/mol. The molecular formula is C28H43NO4. The van der Waals surface area contributed by atoms with E-state index in [9.17, 15) is 5.11 Å². The van der Waals surface area contributed by atoms with Crippen molar-refractivity contribution >= 4 is 0 Å². The summed E-state index contributed by atoms with van der Waals surface area (Å²) in [5.41, 5.74) is 0.714. The van der Waals surface area contributed by atoms with Crippen LogP contribution in [0.25, 0.3) is 0 Å². The first-order valence-corrected chi connectivity index (χ1v) is 12.7. The molecule has 1 N–H and O–H groups in total. The lowest BCUT2D eigenvalue weighted by Gasteiger charge is -2.73. The van der Waals surface area contributed by atoms with Gasteiger partial charge in [-0.3, -0.25) is 0 Å². The van der Waals surface area contributed by atoms with Crippen LogP contribution >= 0.6 is 0 Å². The fourth-order valence-corrected chi connectivity index (χ4v) is 8.60. The summed E-state index contributed by atoms with van der Waals surface area (Å²) in [5, 5.41) is 12.1. The number of fused-ring (bicyclic) bond motifs is 3. The number of aryl methyl sites for hydroxylation is 1. The quantitative estimate of drug-likeness (QED) is 0.712. The molecule has 33 heavy (non-hydrogen) atoms. The van der Waals surface area contributed by atoms with Gasteiger partial charge in [-0.05, 0) is 82.5 Å². The van der Waals surface area contributed by atoms with E-state index >= 15 is 0 Å². The molecule has 6 rings (SSSR count). The zero-order valence-corrected chi connectivity index (χ0v) is 22.0. The lowest BCUT2D eigenvalue weighted by atomic mass is 9.35. The van der Waals surface area contributed by atoms with Crippen LogP contribution < -0.4 is 9.47 Å². The van der Waals surface area contributed by atoms with E-state index in [1.165, 1.54) is 11.1 Å². The zero-order chi connectivity index (χ0) is 24.2. The van der Waals surface area contributed by atoms with Gasteiger partial charge in [0.1, 0.15) is 11.7 Å². The van der Waals surface area contributed by atoms with Gasteiger partial charge in [0.2, 0.25) is 0 Å². The topological polar surface area (TPSA) is 51.2 Å². The Hall–Kier alpha value is -1.30. The highest BCUT2D eigenvalue weighted by Crippen LogP contribution is 2.76. The molecule has 7 atom stereocenters. The molecule has 5 nitrogen and oxygen atoms in total. The molecule has 1 aromatic carbocycles. The lowest BCUT2D eigenvalue weighted by molar-refractivity contribution is -0.308. The molecule has 3 aliphatic carbocycles. The van der Waals surface area contributed by atoms with Crippen LogP contribution in [-0.2, 0) is 10.2 Å². The van der Waals surface area contributed by atoms with E-state index < -0.39 is 11.2 Å². The zero-order valence-electron chi connectivity index (χ0n) is 22.0. The number of rotatable bonds is 3. The third-order valence-corrected chi connectivity index (χ3v) is 11.0. The van der Waals surface area contributed by atoms with E-state index in [1.807, 2.05) is 20.1 Å². The smallest absolute Gasteiger partial charge is 0.165 e. The van der Waals surface area contributed by atoms with Crippen molar-refractivity contribution in [1.29, 1.82) is 0 Å². The summed E-state index contributed by atoms with van der Waals surface area (Å²) < 4.78 is 19.4. The summed E-state index contributed by atoms with van der Waals surface area (Å²) in [7, 11) is 5.83. The van der Waals surface area contributed by atoms with E-state index in [-0.39, 0.29) is 28.3 Å². The molecule has 1 saturated heterocycles. The number of hydrogen-bond donors (Lipinski definition) is 1. The minimum Gasteiger partial charge on any atom is -0.493 e. The molecule has 2 aliphatic heterocycles. The summed E-state index contributed by atoms with van der Waals surface area (Å²) in [6, 6.07) is 4.61. The standard InChI is InChI=1S/C28H43NO4/c1-17-10-11-19(31-8)22-21(17)27-14-15-29(7)18(2)26(27)12-13-28(32-9,23(27)33-22)20(16-26)25(6,30)24(3,4)5/h10-11,18,20,23,30H,12-16H2,1-9H3/t18-,20-,23-,25-,26?,27+,28-/m1/s1. The Morgan fingerprint density at radius 1 is 1.12 bits per heavy atom. The van der Waals surface area contributed by atoms with Gasteiger partial charge in [0, 0.05) is 30.0 Å². The van der Waals surface area contributed by atoms with Crippen LogP contribution in [0, 0.1) is 23.7 Å². The molecule has 2 heterocycles. The number of likely N-dealkylation sites (tertiary alicyclic amines) is 1. The van der Waals surface area contributed by atoms with E-state index in [2.05, 4.69) is 52.6 Å². The minimum atomic E-state index is -0.907. The maximum Gasteiger partial charge on any atom is 0.165 e. The fraction of sp³-hybridized carbons (Fsp3) is 0.786. The average molecular weight is 458 g/mol. The molecule has 3 saturated carbocycles. The Bertz CT molecular complexity index is 967. The highest BCUT2D eigenvalue weighted by atomic mass is 16.6. The molecule has 2 spiro atoms. The highest BCUT2D eigenvalue weighted by Gasteiger charge is 2.80. The van der Waals surface area contributed by atoms with Crippen molar-refractivity contribution in [3.05, 3.63) is 23.3 Å². The van der Waals surface area contributed by atoms with Gasteiger partial charge < -0.3 is 24.2 Å². The first kappa shape index (κ1) is 23.4. The summed E-state index contributed by atoms with van der Waals surface area (Å²) in [6.45, 7) is 14.1. The molecule has 4 fully saturated rings. The van der Waals surface area contributed by atoms with Crippen molar-refractivity contribution < 1.29 is 19.3 Å². The number of nitrogens with zero attached hydrogens (tertiary/aromatic N) is 1. The van der Waals surface area contributed by atoms with Gasteiger partial charge in [0.25, 0.3) is 0 Å². The second kappa shape index (κ2) is 6.89. The maximum atomic E-state index is 12.1. The summed E-state index contributed by atoms with van der Waals surface area (Å²) in [5.74, 6) is 1.69. The Balaban J connectivity index is 1.82. The van der Waals surface area contributed by atoms with Gasteiger partial charge in [-0.15, -0.1) is 0 Å². The van der Waals surface area contributed by atoms with Crippen LogP contribution in [0.1, 0.15) is 71.4 Å². The van der Waals surface area contributed by atoms with Crippen LogP contribution in [-0.4, -0.2) is 61.2 Å². The van der Waals surface area contributed by atoms with Crippen molar-refractivity contribution in [1.82, 2.24) is 4.90 Å². The van der Waals surface area contributed by atoms with Gasteiger partial charge in [-0.1, -0.05) is 26.8 Å². The van der Waals surface area contributed by atoms with Crippen LogP contribution in [0.2, 0.25) is 0 Å². The highest BCUT2D eigenvalue weighted by molar-refractivity contribution is 5.61. The van der Waals surface area contributed by atoms with Crippen molar-refractivity contribution in [2.24, 2.45) is 16.7 Å². The number of ether oxygens (including phenoxy) is 3. The van der Waals surface area contributed by atoms with Crippen LogP contribution in [0.3, 0.4) is 0 Å². The lowest BCUT2D eigenvalue weighted by Crippen LogP contribution is -2.81. The first-order valence-electron chi connectivity index (χ1n) is 12.7. The second-order valence-corrected chi connectivity index (χ2v) is 12.6. The normalized spacial score (nSPS) is 41.6. The predicted octanol–water partition coefficient (Wildman–Crippen LogP) is 4.71. The van der Waals surface area contributed by atoms with Crippen LogP contribution in [0.5, 0.6) is 11.5 Å². The maximum absolute atomic E-state index is 12.1. The Labute approximate surface area is 199 Å². The van der Waals surface area contributed by atoms with Gasteiger partial charge in [-0.25, -0.2) is 0 Å². The van der Waals surface area contributed by atoms with E-state index in [0.717, 1.165) is 43.7 Å². The largest absolute Gasteiger partial charge is 0.493 e. The SMILES string of the molecule is COc1ccc(C)c2c1O[C@H]1[C@@]3(OC)CCC4(C[C@@H]3[C@@](C)(O)C(C)(C)C)[C@@H](C)N(C)CC[C@]214. The number of methoxy groups -OCH3 is 2. The molecule has 5 heteroatoms. The molecule has 184 valence electrons. The fourth-order valence-electron chi connectivity index (χ4n) is 8.60. The summed E-state index contributed by atoms with van der Waals surface area (Å²) >= 11 is 0. The second-order valence-electron chi connectivity index (χ2n) is 12.6. The van der Waals surface area contributed by atoms with Gasteiger partial charge in [0.05, 0.1) is 12.7 Å². The monoisotopic (exact) mass is 457 g/mol. The van der Waals surface area contributed by atoms with Crippen molar-refractivity contribution in [3.63, 3.8) is 0 Å². The first-order chi connectivity index (χ1) is 15.3. The van der Waals surface area contributed by atoms with E-state index in [0.29, 0.717) is 6.04 Å². The van der Waals surface area contributed by atoms with E-state index in [4.69, 9.17) is 14.2 Å². The molecule has 0 amide bonds. The number of piperidine rings is 1. The Morgan fingerprint density at radius 2 is 1.82 bits per heavy atom. The molecule has 2 bridgehead atoms. The summed E-state index contributed by atoms with van der Waals surface area (Å²) in [6.07, 6.45) is 3.82. The number of hydrogen-bond acceptors (Lipinski definition) is 5. The Morgan fingerprint density at radius 3 is 2.42 bits per heavy atom. The average Bonchev–Trinajstić information content (AvgIpc) is 3.15. The van der Waals surface area contributed by atoms with E-state index in [1.54, 1.807) is 7.11 Å². The molecule has 1 unspecified atom stereocenters. The van der Waals surface area contributed by atoms with Crippen molar-refractivity contribution in [3.8, 4) is 11.5 Å². The number of benzene rings is 1. The Kier molecular flexibility index (Phi) is 4.89. The van der Waals surface area contributed by atoms with Gasteiger partial charge in [0.15, 0.2) is 11.5 Å². The van der Waals surface area contributed by atoms with Crippen molar-refractivity contribution in [2.75, 3.05) is 27.8 Å². The molecule has 0 radical (unpaired) electrons. The van der Waals surface area contributed by atoms with Crippen LogP contribution in [0.4, 0.5) is 0 Å². The van der Waals surface area contributed by atoms with Gasteiger partial charge in [-0.2, -0.15) is 0 Å². The van der Waals surface area contributed by atoms with Crippen LogP contribution in [0.15, 0.2) is 12.1 Å². The molecule has 1 aromatic rings. The third kappa shape index (κ3) is 2.49. The number of aliphatic hydroxyl groups is 1. The molecule has 0 aromatic heterocycles. The van der Waals surface area contributed by atoms with Crippen molar-refractivity contribution in [2.45, 2.75) is 96.0 Å². The third-order valence-electron chi connectivity index (χ3n) is 11.0. The molecular weight excluding hydrogens is 414 g/mol. The molecule has 5 aliphatic rings. The van der Waals surface area contributed by atoms with Gasteiger partial charge >= 0.3 is 0 Å². The summed E-state index contributed by atoms with van der Waals surface area (Å²) in [4.78, 5) is 2.53. The minimum absolute atomic E-state index is 0.00672.